The molecule has 0 aliphatic carbocycles. The van der Waals surface area contributed by atoms with Crippen LogP contribution in [0.2, 0.25) is 5.15 Å². The van der Waals surface area contributed by atoms with Gasteiger partial charge in [-0.25, -0.2) is 9.97 Å². The van der Waals surface area contributed by atoms with Gasteiger partial charge in [0, 0.05) is 0 Å². The molecule has 2 aromatic rings. The maximum absolute atomic E-state index is 8.73. The van der Waals surface area contributed by atoms with Gasteiger partial charge in [-0.3, -0.25) is 0 Å². The van der Waals surface area contributed by atoms with E-state index in [1.165, 1.54) is 7.11 Å². The molecule has 14 heavy (non-hydrogen) atoms. The number of hydrogen-bond acceptors (Lipinski definition) is 6. The molecule has 0 saturated carbocycles. The van der Waals surface area contributed by atoms with Gasteiger partial charge < -0.3 is 4.74 Å². The molecule has 7 heteroatoms. The first-order valence-corrected chi connectivity index (χ1v) is 4.68. The Hall–Kier alpha value is -1.45. The summed E-state index contributed by atoms with van der Waals surface area (Å²) in [7, 11) is 1.42. The van der Waals surface area contributed by atoms with E-state index in [2.05, 4.69) is 14.3 Å². The highest BCUT2D eigenvalue weighted by Crippen LogP contribution is 2.26. The van der Waals surface area contributed by atoms with Gasteiger partial charge in [-0.1, -0.05) is 11.6 Å². The number of nitrogens with zero attached hydrogens (tertiary/aromatic N) is 4. The van der Waals surface area contributed by atoms with Gasteiger partial charge in [0.15, 0.2) is 9.98 Å². The summed E-state index contributed by atoms with van der Waals surface area (Å²) >= 11 is 6.86. The van der Waals surface area contributed by atoms with Gasteiger partial charge in [0.25, 0.3) is 5.88 Å². The van der Waals surface area contributed by atoms with Gasteiger partial charge in [0.05, 0.1) is 7.11 Å². The SMILES string of the molecule is COc1nc2c(Cl)nsc2nc1C#N. The number of rotatable bonds is 1. The van der Waals surface area contributed by atoms with Crippen LogP contribution in [0.4, 0.5) is 0 Å². The molecular weight excluding hydrogens is 224 g/mol. The number of ether oxygens (including phenoxy) is 1. The highest BCUT2D eigenvalue weighted by Gasteiger charge is 2.13. The second-order valence-corrected chi connectivity index (χ2v) is 3.43. The predicted molar refractivity (Wildman–Crippen MR) is 51.5 cm³/mol. The van der Waals surface area contributed by atoms with E-state index in [9.17, 15) is 0 Å². The van der Waals surface area contributed by atoms with Crippen molar-refractivity contribution in [3.63, 3.8) is 0 Å². The minimum absolute atomic E-state index is 0.139. The van der Waals surface area contributed by atoms with Crippen LogP contribution in [0.15, 0.2) is 0 Å². The van der Waals surface area contributed by atoms with Gasteiger partial charge in [0.2, 0.25) is 5.69 Å². The Labute approximate surface area is 88.1 Å². The topological polar surface area (TPSA) is 71.7 Å². The lowest BCUT2D eigenvalue weighted by molar-refractivity contribution is 0.396. The minimum Gasteiger partial charge on any atom is -0.479 e. The molecule has 2 heterocycles. The molecule has 0 spiro atoms. The van der Waals surface area contributed by atoms with Gasteiger partial charge >= 0.3 is 0 Å². The average Bonchev–Trinajstić information content (AvgIpc) is 2.58. The summed E-state index contributed by atoms with van der Waals surface area (Å²) in [6, 6.07) is 1.89. The van der Waals surface area contributed by atoms with Crippen molar-refractivity contribution in [2.45, 2.75) is 0 Å². The van der Waals surface area contributed by atoms with E-state index in [1.807, 2.05) is 6.07 Å². The monoisotopic (exact) mass is 226 g/mol. The summed E-state index contributed by atoms with van der Waals surface area (Å²) in [5.41, 5.74) is 0.604. The van der Waals surface area contributed by atoms with Crippen molar-refractivity contribution in [1.29, 1.82) is 5.26 Å². The van der Waals surface area contributed by atoms with Crippen LogP contribution >= 0.6 is 23.1 Å². The molecular formula is C7H3ClN4OS. The van der Waals surface area contributed by atoms with Crippen LogP contribution in [-0.4, -0.2) is 21.5 Å². The zero-order valence-corrected chi connectivity index (χ0v) is 8.56. The summed E-state index contributed by atoms with van der Waals surface area (Å²) in [6.07, 6.45) is 0. The van der Waals surface area contributed by atoms with Gasteiger partial charge in [0.1, 0.15) is 11.6 Å². The van der Waals surface area contributed by atoms with Crippen molar-refractivity contribution in [2.75, 3.05) is 7.11 Å². The maximum Gasteiger partial charge on any atom is 0.251 e. The summed E-state index contributed by atoms with van der Waals surface area (Å²) in [5.74, 6) is 0.169. The first-order valence-electron chi connectivity index (χ1n) is 3.53. The van der Waals surface area contributed by atoms with Crippen LogP contribution in [0.25, 0.3) is 10.3 Å². The number of methoxy groups -OCH3 is 1. The van der Waals surface area contributed by atoms with Gasteiger partial charge in [-0.15, -0.1) is 0 Å². The van der Waals surface area contributed by atoms with Crippen LogP contribution in [0.1, 0.15) is 5.69 Å². The van der Waals surface area contributed by atoms with Crippen LogP contribution < -0.4 is 4.74 Å². The first kappa shape index (κ1) is 9.12. The highest BCUT2D eigenvalue weighted by atomic mass is 35.5. The molecule has 5 nitrogen and oxygen atoms in total. The number of nitriles is 1. The lowest BCUT2D eigenvalue weighted by atomic mass is 10.4. The zero-order chi connectivity index (χ0) is 10.1. The molecule has 0 radical (unpaired) electrons. The fourth-order valence-corrected chi connectivity index (χ4v) is 1.85. The molecule has 0 aromatic carbocycles. The molecule has 0 aliphatic heterocycles. The van der Waals surface area contributed by atoms with Gasteiger partial charge in [-0.2, -0.15) is 9.64 Å². The lowest BCUT2D eigenvalue weighted by Gasteiger charge is -1.98. The van der Waals surface area contributed by atoms with E-state index in [4.69, 9.17) is 21.6 Å². The Morgan fingerprint density at radius 3 is 2.93 bits per heavy atom. The van der Waals surface area contributed by atoms with Crippen LogP contribution in [0.5, 0.6) is 5.88 Å². The third-order valence-corrected chi connectivity index (χ3v) is 2.63. The summed E-state index contributed by atoms with van der Waals surface area (Å²) in [4.78, 5) is 8.58. The van der Waals surface area contributed by atoms with Crippen molar-refractivity contribution < 1.29 is 4.74 Å². The number of aromatic nitrogens is 3. The summed E-state index contributed by atoms with van der Waals surface area (Å²) < 4.78 is 8.75. The minimum atomic E-state index is 0.139. The largest absolute Gasteiger partial charge is 0.479 e. The molecule has 2 rings (SSSR count). The third kappa shape index (κ3) is 1.27. The normalized spacial score (nSPS) is 10.1. The Bertz CT molecular complexity index is 532. The smallest absolute Gasteiger partial charge is 0.251 e. The number of halogens is 1. The summed E-state index contributed by atoms with van der Waals surface area (Å²) in [6.45, 7) is 0. The molecule has 0 amide bonds. The molecule has 0 fully saturated rings. The standard InChI is InChI=1S/C7H3ClN4OS/c1-13-6-3(2-9)10-7-4(11-6)5(8)12-14-7/h1H3. The van der Waals surface area contributed by atoms with E-state index in [0.29, 0.717) is 10.3 Å². The van der Waals surface area contributed by atoms with E-state index in [0.717, 1.165) is 11.5 Å². The fraction of sp³-hybridized carbons (Fsp3) is 0.143. The van der Waals surface area contributed by atoms with Crippen molar-refractivity contribution in [3.8, 4) is 11.9 Å². The van der Waals surface area contributed by atoms with Crippen LogP contribution in [0, 0.1) is 11.3 Å². The fourth-order valence-electron chi connectivity index (χ4n) is 0.944. The quantitative estimate of drug-likeness (QED) is 0.739. The lowest BCUT2D eigenvalue weighted by Crippen LogP contribution is -1.94. The maximum atomic E-state index is 8.73. The molecule has 0 atom stereocenters. The number of hydrogen-bond donors (Lipinski definition) is 0. The highest BCUT2D eigenvalue weighted by molar-refractivity contribution is 7.13. The van der Waals surface area contributed by atoms with Crippen molar-refractivity contribution in [3.05, 3.63) is 10.8 Å². The average molecular weight is 227 g/mol. The first-order chi connectivity index (χ1) is 6.76. The Morgan fingerprint density at radius 1 is 1.50 bits per heavy atom. The van der Waals surface area contributed by atoms with E-state index >= 15 is 0 Å². The van der Waals surface area contributed by atoms with E-state index < -0.39 is 0 Å². The predicted octanol–water partition coefficient (Wildman–Crippen LogP) is 1.62. The molecule has 2 aromatic heterocycles. The second-order valence-electron chi connectivity index (χ2n) is 2.32. The summed E-state index contributed by atoms with van der Waals surface area (Å²) in [5, 5.41) is 9.01. The van der Waals surface area contributed by atoms with Crippen LogP contribution in [-0.2, 0) is 0 Å². The van der Waals surface area contributed by atoms with Crippen molar-refractivity contribution >= 4 is 33.5 Å². The molecule has 0 aliphatic rings. The Balaban J connectivity index is 2.79. The molecule has 0 unspecified atom stereocenters. The molecule has 70 valence electrons. The Morgan fingerprint density at radius 2 is 2.29 bits per heavy atom. The second kappa shape index (κ2) is 3.36. The van der Waals surface area contributed by atoms with Crippen molar-refractivity contribution in [2.24, 2.45) is 0 Å². The van der Waals surface area contributed by atoms with E-state index in [-0.39, 0.29) is 16.7 Å². The number of fused-ring (bicyclic) bond motifs is 1. The van der Waals surface area contributed by atoms with Gasteiger partial charge in [-0.05, 0) is 11.5 Å². The molecule has 0 saturated heterocycles. The van der Waals surface area contributed by atoms with Crippen molar-refractivity contribution in [1.82, 2.24) is 14.3 Å². The third-order valence-electron chi connectivity index (χ3n) is 1.54. The molecule has 0 N–H and O–H groups in total. The zero-order valence-electron chi connectivity index (χ0n) is 6.98. The van der Waals surface area contributed by atoms with Crippen LogP contribution in [0.3, 0.4) is 0 Å². The van der Waals surface area contributed by atoms with E-state index in [1.54, 1.807) is 0 Å². The molecule has 0 bridgehead atoms. The Kier molecular flexibility index (Phi) is 2.19.